The number of aromatic nitrogens is 3. The summed E-state index contributed by atoms with van der Waals surface area (Å²) in [7, 11) is 0. The Bertz CT molecular complexity index is 1180. The van der Waals surface area contributed by atoms with E-state index in [1.54, 1.807) is 0 Å². The first-order valence-electron chi connectivity index (χ1n) is 12.8. The van der Waals surface area contributed by atoms with E-state index in [1.165, 1.54) is 35.2 Å². The van der Waals surface area contributed by atoms with Crippen LogP contribution in [0.1, 0.15) is 36.7 Å². The summed E-state index contributed by atoms with van der Waals surface area (Å²) in [6.45, 7) is 13.5. The number of piperidine rings is 1. The van der Waals surface area contributed by atoms with Crippen LogP contribution in [0.15, 0.2) is 30.6 Å². The lowest BCUT2D eigenvalue weighted by atomic mass is 9.88. The second-order valence-electron chi connectivity index (χ2n) is 10.4. The number of nitrogens with zero attached hydrogens (tertiary/aromatic N) is 5. The number of imidazole rings is 1. The summed E-state index contributed by atoms with van der Waals surface area (Å²) in [4.78, 5) is 14.9. The summed E-state index contributed by atoms with van der Waals surface area (Å²) in [6, 6.07) is 7.40. The van der Waals surface area contributed by atoms with Gasteiger partial charge in [0.15, 0.2) is 0 Å². The molecule has 6 heterocycles. The molecular weight excluding hydrogens is 424 g/mol. The number of ether oxygens (including phenoxy) is 1. The van der Waals surface area contributed by atoms with E-state index in [-0.39, 0.29) is 5.60 Å². The van der Waals surface area contributed by atoms with Crippen molar-refractivity contribution in [1.29, 1.82) is 0 Å². The van der Waals surface area contributed by atoms with Crippen LogP contribution in [0.4, 0.5) is 5.82 Å². The maximum absolute atomic E-state index is 6.09. The highest BCUT2D eigenvalue weighted by molar-refractivity contribution is 5.70. The first-order valence-corrected chi connectivity index (χ1v) is 12.8. The first-order chi connectivity index (χ1) is 16.5. The Morgan fingerprint density at radius 3 is 2.68 bits per heavy atom. The van der Waals surface area contributed by atoms with Gasteiger partial charge in [0.05, 0.1) is 18.0 Å². The second-order valence-corrected chi connectivity index (χ2v) is 10.4. The average molecular weight is 461 g/mol. The van der Waals surface area contributed by atoms with E-state index in [1.807, 2.05) is 6.92 Å². The molecule has 3 aliphatic rings. The summed E-state index contributed by atoms with van der Waals surface area (Å²) >= 11 is 0. The Morgan fingerprint density at radius 1 is 1.12 bits per heavy atom. The summed E-state index contributed by atoms with van der Waals surface area (Å²) in [5, 5.41) is 3.50. The van der Waals surface area contributed by atoms with Crippen LogP contribution in [0.5, 0.6) is 0 Å². The maximum atomic E-state index is 6.09. The lowest BCUT2D eigenvalue weighted by molar-refractivity contribution is -0.169. The van der Waals surface area contributed by atoms with Crippen LogP contribution in [0.3, 0.4) is 0 Å². The van der Waals surface area contributed by atoms with Gasteiger partial charge in [0.2, 0.25) is 0 Å². The van der Waals surface area contributed by atoms with Crippen molar-refractivity contribution in [3.63, 3.8) is 0 Å². The van der Waals surface area contributed by atoms with E-state index < -0.39 is 0 Å². The molecule has 3 aromatic rings. The maximum Gasteiger partial charge on any atom is 0.139 e. The molecule has 3 fully saturated rings. The Morgan fingerprint density at radius 2 is 1.94 bits per heavy atom. The van der Waals surface area contributed by atoms with Crippen molar-refractivity contribution in [3.05, 3.63) is 47.5 Å². The second kappa shape index (κ2) is 8.63. The monoisotopic (exact) mass is 460 g/mol. The fourth-order valence-corrected chi connectivity index (χ4v) is 6.06. The largest absolute Gasteiger partial charge is 0.370 e. The molecule has 0 unspecified atom stereocenters. The molecule has 34 heavy (non-hydrogen) atoms. The molecule has 1 N–H and O–H groups in total. The number of likely N-dealkylation sites (tertiary alicyclic amines) is 1. The van der Waals surface area contributed by atoms with Gasteiger partial charge >= 0.3 is 0 Å². The lowest BCUT2D eigenvalue weighted by Gasteiger charge is -2.55. The van der Waals surface area contributed by atoms with Crippen LogP contribution in [0.2, 0.25) is 0 Å². The third-order valence-corrected chi connectivity index (χ3v) is 7.88. The van der Waals surface area contributed by atoms with Gasteiger partial charge in [-0.25, -0.2) is 9.97 Å². The molecule has 6 rings (SSSR count). The fourth-order valence-electron chi connectivity index (χ4n) is 6.06. The topological polar surface area (TPSA) is 57.9 Å². The number of anilines is 1. The number of hydrogen-bond acceptors (Lipinski definition) is 6. The van der Waals surface area contributed by atoms with E-state index in [0.29, 0.717) is 6.04 Å². The molecule has 0 aromatic carbocycles. The zero-order chi connectivity index (χ0) is 23.3. The zero-order valence-electron chi connectivity index (χ0n) is 20.7. The van der Waals surface area contributed by atoms with Gasteiger partial charge in [-0.2, -0.15) is 0 Å². The highest BCUT2D eigenvalue weighted by Crippen LogP contribution is 2.33. The number of hydrogen-bond donors (Lipinski definition) is 1. The number of fused-ring (bicyclic) bond motifs is 1. The van der Waals surface area contributed by atoms with Crippen molar-refractivity contribution in [3.8, 4) is 11.1 Å². The summed E-state index contributed by atoms with van der Waals surface area (Å²) in [5.41, 5.74) is 6.96. The first kappa shape index (κ1) is 22.0. The highest BCUT2D eigenvalue weighted by Gasteiger charge is 2.47. The molecule has 0 radical (unpaired) electrons. The minimum Gasteiger partial charge on any atom is -0.370 e. The van der Waals surface area contributed by atoms with Crippen LogP contribution in [0, 0.1) is 13.8 Å². The van der Waals surface area contributed by atoms with Crippen molar-refractivity contribution >= 4 is 11.5 Å². The highest BCUT2D eigenvalue weighted by atomic mass is 16.5. The van der Waals surface area contributed by atoms with E-state index in [9.17, 15) is 0 Å². The van der Waals surface area contributed by atoms with E-state index in [2.05, 4.69) is 68.9 Å². The van der Waals surface area contributed by atoms with Gasteiger partial charge in [0.25, 0.3) is 0 Å². The van der Waals surface area contributed by atoms with Crippen molar-refractivity contribution in [2.45, 2.75) is 51.7 Å². The molecule has 0 bridgehead atoms. The molecule has 0 atom stereocenters. The van der Waals surface area contributed by atoms with Gasteiger partial charge in [-0.1, -0.05) is 6.92 Å². The van der Waals surface area contributed by atoms with Gasteiger partial charge in [-0.05, 0) is 56.9 Å². The van der Waals surface area contributed by atoms with Crippen LogP contribution in [-0.4, -0.2) is 76.8 Å². The number of aryl methyl sites for hydroxylation is 3. The molecule has 0 saturated carbocycles. The minimum atomic E-state index is 0.0829. The van der Waals surface area contributed by atoms with Crippen molar-refractivity contribution in [2.75, 3.05) is 50.8 Å². The van der Waals surface area contributed by atoms with Gasteiger partial charge < -0.3 is 19.4 Å². The molecule has 3 saturated heterocycles. The predicted molar refractivity (Wildman–Crippen MR) is 136 cm³/mol. The Kier molecular flexibility index (Phi) is 5.59. The third-order valence-electron chi connectivity index (χ3n) is 7.88. The minimum absolute atomic E-state index is 0.0829. The van der Waals surface area contributed by atoms with Gasteiger partial charge in [0, 0.05) is 68.8 Å². The quantitative estimate of drug-likeness (QED) is 0.645. The molecule has 1 spiro atoms. The Hall–Kier alpha value is -2.48. The summed E-state index contributed by atoms with van der Waals surface area (Å²) < 4.78 is 8.23. The zero-order valence-corrected chi connectivity index (χ0v) is 20.7. The van der Waals surface area contributed by atoms with E-state index in [4.69, 9.17) is 9.72 Å². The van der Waals surface area contributed by atoms with Crippen LogP contribution >= 0.6 is 0 Å². The molecule has 7 heteroatoms. The standard InChI is InChI=1S/C27H36N6O/c1-4-24-23(21-13-19(2)26-29-20(3)14-32(26)15-21)5-6-25(30-24)31-10-7-22(8-11-31)33-17-27(18-33)16-28-9-12-34-27/h5-6,13-15,22,28H,4,7-12,16-18H2,1-3H3. The molecule has 3 aromatic heterocycles. The number of rotatable bonds is 4. The van der Waals surface area contributed by atoms with E-state index in [0.717, 1.165) is 69.5 Å². The SMILES string of the molecule is CCc1nc(N2CCC(N3CC4(CNCCO4)C3)CC2)ccc1-c1cc(C)c2nc(C)cn2c1. The van der Waals surface area contributed by atoms with Gasteiger partial charge in [-0.3, -0.25) is 4.90 Å². The normalized spacial score (nSPS) is 21.3. The van der Waals surface area contributed by atoms with Crippen molar-refractivity contribution < 1.29 is 4.74 Å². The molecule has 0 aliphatic carbocycles. The van der Waals surface area contributed by atoms with Crippen LogP contribution in [0.25, 0.3) is 16.8 Å². The average Bonchev–Trinajstić information content (AvgIpc) is 3.23. The molecule has 3 aliphatic heterocycles. The van der Waals surface area contributed by atoms with Gasteiger partial charge in [0.1, 0.15) is 17.1 Å². The van der Waals surface area contributed by atoms with E-state index >= 15 is 0 Å². The number of nitrogens with one attached hydrogen (secondary N) is 1. The fraction of sp³-hybridized carbons (Fsp3) is 0.556. The lowest BCUT2D eigenvalue weighted by Crippen LogP contribution is -2.72. The number of pyridine rings is 2. The Labute approximate surface area is 202 Å². The summed E-state index contributed by atoms with van der Waals surface area (Å²) in [6.07, 6.45) is 7.60. The number of morpholine rings is 1. The van der Waals surface area contributed by atoms with Gasteiger partial charge in [-0.15, -0.1) is 0 Å². The molecule has 7 nitrogen and oxygen atoms in total. The van der Waals surface area contributed by atoms with Crippen LogP contribution in [-0.2, 0) is 11.2 Å². The molecule has 180 valence electrons. The van der Waals surface area contributed by atoms with Crippen LogP contribution < -0.4 is 10.2 Å². The molecule has 0 amide bonds. The molecular formula is C27H36N6O. The predicted octanol–water partition coefficient (Wildman–Crippen LogP) is 3.22. The van der Waals surface area contributed by atoms with Crippen molar-refractivity contribution in [2.24, 2.45) is 0 Å². The Balaban J connectivity index is 1.15. The summed E-state index contributed by atoms with van der Waals surface area (Å²) in [5.74, 6) is 1.12. The third kappa shape index (κ3) is 3.89. The smallest absolute Gasteiger partial charge is 0.139 e. The van der Waals surface area contributed by atoms with Crippen molar-refractivity contribution in [1.82, 2.24) is 24.6 Å².